The average Bonchev–Trinajstić information content (AvgIpc) is 2.61. The first-order valence-corrected chi connectivity index (χ1v) is 8.37. The van der Waals surface area contributed by atoms with Gasteiger partial charge < -0.3 is 19.5 Å². The van der Waals surface area contributed by atoms with Gasteiger partial charge in [-0.25, -0.2) is 0 Å². The molecule has 0 radical (unpaired) electrons. The summed E-state index contributed by atoms with van der Waals surface area (Å²) in [5.74, 6) is 0.292. The quantitative estimate of drug-likeness (QED) is 0.573. The molecule has 0 aliphatic rings. The number of rotatable bonds is 10. The molecule has 1 atom stereocenters. The molecule has 8 heteroatoms. The Morgan fingerprint density at radius 2 is 1.67 bits per heavy atom. The summed E-state index contributed by atoms with van der Waals surface area (Å²) in [6.07, 6.45) is 0. The predicted molar refractivity (Wildman–Crippen MR) is 92.6 cm³/mol. The van der Waals surface area contributed by atoms with Gasteiger partial charge in [-0.2, -0.15) is 17.6 Å². The Kier molecular flexibility index (Phi) is 7.72. The van der Waals surface area contributed by atoms with E-state index in [0.717, 1.165) is 11.1 Å². The van der Waals surface area contributed by atoms with Gasteiger partial charge in [0, 0.05) is 12.6 Å². The van der Waals surface area contributed by atoms with E-state index in [1.54, 1.807) is 31.2 Å². The number of nitrogens with one attached hydrogen (secondary N) is 1. The zero-order valence-corrected chi connectivity index (χ0v) is 14.9. The fourth-order valence-electron chi connectivity index (χ4n) is 2.47. The van der Waals surface area contributed by atoms with Gasteiger partial charge in [0.25, 0.3) is 0 Å². The van der Waals surface area contributed by atoms with Crippen LogP contribution in [0, 0.1) is 0 Å². The van der Waals surface area contributed by atoms with Crippen molar-refractivity contribution in [1.82, 2.24) is 5.32 Å². The van der Waals surface area contributed by atoms with Crippen LogP contribution in [0.3, 0.4) is 0 Å². The Hall–Kier alpha value is -2.48. The second-order valence-electron chi connectivity index (χ2n) is 5.65. The molecule has 0 heterocycles. The van der Waals surface area contributed by atoms with Crippen molar-refractivity contribution in [2.24, 2.45) is 0 Å². The van der Waals surface area contributed by atoms with Crippen LogP contribution in [-0.2, 0) is 6.54 Å². The van der Waals surface area contributed by atoms with Crippen molar-refractivity contribution in [2.75, 3.05) is 6.61 Å². The number of benzene rings is 2. The summed E-state index contributed by atoms with van der Waals surface area (Å²) in [6, 6.07) is 11.0. The van der Waals surface area contributed by atoms with Crippen molar-refractivity contribution < 1.29 is 31.8 Å². The molecule has 1 unspecified atom stereocenters. The van der Waals surface area contributed by atoms with Crippen molar-refractivity contribution in [3.8, 4) is 17.2 Å². The Balaban J connectivity index is 2.03. The minimum atomic E-state index is -2.93. The van der Waals surface area contributed by atoms with E-state index in [0.29, 0.717) is 13.2 Å². The van der Waals surface area contributed by atoms with Gasteiger partial charge in [0.05, 0.1) is 6.61 Å². The highest BCUT2D eigenvalue weighted by molar-refractivity contribution is 5.43. The van der Waals surface area contributed by atoms with Crippen molar-refractivity contribution in [3.63, 3.8) is 0 Å². The van der Waals surface area contributed by atoms with Gasteiger partial charge in [0.1, 0.15) is 5.75 Å². The normalized spacial score (nSPS) is 12.3. The first-order chi connectivity index (χ1) is 12.9. The molecule has 2 aromatic rings. The van der Waals surface area contributed by atoms with Crippen LogP contribution in [0.5, 0.6) is 17.2 Å². The van der Waals surface area contributed by atoms with Crippen LogP contribution in [0.15, 0.2) is 42.5 Å². The summed E-state index contributed by atoms with van der Waals surface area (Å²) < 4.78 is 63.7. The third-order valence-electron chi connectivity index (χ3n) is 3.72. The van der Waals surface area contributed by atoms with Gasteiger partial charge in [0.2, 0.25) is 0 Å². The number of halogens is 4. The zero-order chi connectivity index (χ0) is 19.8. The summed E-state index contributed by atoms with van der Waals surface area (Å²) in [7, 11) is 0. The summed E-state index contributed by atoms with van der Waals surface area (Å²) in [4.78, 5) is 0. The molecule has 0 aliphatic carbocycles. The Labute approximate surface area is 155 Å². The standard InChI is InChI=1S/C19H21F4NO3/c1-3-25-17-9-13(7-8-16(17)27-19(22)23)11-24-12(2)14-5-4-6-15(10-14)26-18(20)21/h4-10,12,18-19,24H,3,11H2,1-2H3. The summed E-state index contributed by atoms with van der Waals surface area (Å²) >= 11 is 0. The van der Waals surface area contributed by atoms with Crippen LogP contribution < -0.4 is 19.5 Å². The fraction of sp³-hybridized carbons (Fsp3) is 0.368. The minimum absolute atomic E-state index is 0.0273. The Morgan fingerprint density at radius 3 is 2.33 bits per heavy atom. The summed E-state index contributed by atoms with van der Waals surface area (Å²) in [6.45, 7) is -1.47. The minimum Gasteiger partial charge on any atom is -0.490 e. The summed E-state index contributed by atoms with van der Waals surface area (Å²) in [5.41, 5.74) is 1.57. The molecule has 0 saturated carbocycles. The molecule has 1 N–H and O–H groups in total. The van der Waals surface area contributed by atoms with Crippen molar-refractivity contribution in [3.05, 3.63) is 53.6 Å². The van der Waals surface area contributed by atoms with E-state index in [-0.39, 0.29) is 23.3 Å². The SMILES string of the molecule is CCOc1cc(CNC(C)c2cccc(OC(F)F)c2)ccc1OC(F)F. The number of ether oxygens (including phenoxy) is 3. The van der Waals surface area contributed by atoms with Gasteiger partial charge in [-0.15, -0.1) is 0 Å². The lowest BCUT2D eigenvalue weighted by Crippen LogP contribution is -2.18. The van der Waals surface area contributed by atoms with E-state index >= 15 is 0 Å². The van der Waals surface area contributed by atoms with Crippen molar-refractivity contribution in [2.45, 2.75) is 39.7 Å². The second-order valence-corrected chi connectivity index (χ2v) is 5.65. The molecule has 0 fully saturated rings. The van der Waals surface area contributed by atoms with Crippen LogP contribution in [0.1, 0.15) is 31.0 Å². The highest BCUT2D eigenvalue weighted by atomic mass is 19.3. The van der Waals surface area contributed by atoms with Gasteiger partial charge in [-0.3, -0.25) is 0 Å². The van der Waals surface area contributed by atoms with Gasteiger partial charge >= 0.3 is 13.2 Å². The monoisotopic (exact) mass is 387 g/mol. The molecule has 0 aliphatic heterocycles. The second kappa shape index (κ2) is 10.0. The van der Waals surface area contributed by atoms with E-state index in [1.165, 1.54) is 18.2 Å². The van der Waals surface area contributed by atoms with E-state index in [1.807, 2.05) is 6.92 Å². The lowest BCUT2D eigenvalue weighted by molar-refractivity contribution is -0.0517. The third kappa shape index (κ3) is 6.63. The maximum absolute atomic E-state index is 12.4. The lowest BCUT2D eigenvalue weighted by atomic mass is 10.1. The maximum atomic E-state index is 12.4. The van der Waals surface area contributed by atoms with E-state index in [4.69, 9.17) is 4.74 Å². The average molecular weight is 387 g/mol. The molecular weight excluding hydrogens is 366 g/mol. The van der Waals surface area contributed by atoms with Crippen LogP contribution in [0.4, 0.5) is 17.6 Å². The molecule has 0 bridgehead atoms. The summed E-state index contributed by atoms with van der Waals surface area (Å²) in [5, 5.41) is 3.24. The van der Waals surface area contributed by atoms with Crippen molar-refractivity contribution >= 4 is 0 Å². The van der Waals surface area contributed by atoms with Crippen LogP contribution in [0.25, 0.3) is 0 Å². The van der Waals surface area contributed by atoms with Gasteiger partial charge in [-0.1, -0.05) is 18.2 Å². The topological polar surface area (TPSA) is 39.7 Å². The molecule has 0 saturated heterocycles. The Morgan fingerprint density at radius 1 is 0.926 bits per heavy atom. The van der Waals surface area contributed by atoms with Gasteiger partial charge in [-0.05, 0) is 49.2 Å². The highest BCUT2D eigenvalue weighted by Gasteiger charge is 2.13. The number of hydrogen-bond acceptors (Lipinski definition) is 4. The molecule has 2 aromatic carbocycles. The van der Waals surface area contributed by atoms with Gasteiger partial charge in [0.15, 0.2) is 11.5 Å². The molecule has 2 rings (SSSR count). The van der Waals surface area contributed by atoms with Crippen LogP contribution in [-0.4, -0.2) is 19.8 Å². The predicted octanol–water partition coefficient (Wildman–Crippen LogP) is 5.14. The molecule has 148 valence electrons. The van der Waals surface area contributed by atoms with E-state index in [9.17, 15) is 17.6 Å². The third-order valence-corrected chi connectivity index (χ3v) is 3.72. The first kappa shape index (κ1) is 20.8. The molecule has 27 heavy (non-hydrogen) atoms. The Bertz CT molecular complexity index is 728. The zero-order valence-electron chi connectivity index (χ0n) is 14.9. The first-order valence-electron chi connectivity index (χ1n) is 8.37. The number of hydrogen-bond donors (Lipinski definition) is 1. The molecule has 0 amide bonds. The van der Waals surface area contributed by atoms with E-state index < -0.39 is 13.2 Å². The largest absolute Gasteiger partial charge is 0.490 e. The van der Waals surface area contributed by atoms with Crippen LogP contribution in [0.2, 0.25) is 0 Å². The van der Waals surface area contributed by atoms with E-state index in [2.05, 4.69) is 14.8 Å². The number of alkyl halides is 4. The molecule has 4 nitrogen and oxygen atoms in total. The highest BCUT2D eigenvalue weighted by Crippen LogP contribution is 2.30. The maximum Gasteiger partial charge on any atom is 0.387 e. The van der Waals surface area contributed by atoms with Crippen molar-refractivity contribution in [1.29, 1.82) is 0 Å². The molecule has 0 aromatic heterocycles. The molecule has 0 spiro atoms. The molecular formula is C19H21F4NO3. The van der Waals surface area contributed by atoms with Crippen LogP contribution >= 0.6 is 0 Å². The fourth-order valence-corrected chi connectivity index (χ4v) is 2.47. The lowest BCUT2D eigenvalue weighted by Gasteiger charge is -2.17. The smallest absolute Gasteiger partial charge is 0.387 e.